The second-order valence-corrected chi connectivity index (χ2v) is 9.75. The van der Waals surface area contributed by atoms with Crippen molar-refractivity contribution in [3.8, 4) is 0 Å². The first-order valence-electron chi connectivity index (χ1n) is 6.99. The molecular formula is C11H20F6N2O4S2. The topological polar surface area (TPSA) is 82.4 Å². The molecule has 0 unspecified atom stereocenters. The monoisotopic (exact) mass is 422 g/mol. The highest BCUT2D eigenvalue weighted by molar-refractivity contribution is 8.13. The van der Waals surface area contributed by atoms with Crippen LogP contribution in [0.2, 0.25) is 0 Å². The van der Waals surface area contributed by atoms with Gasteiger partial charge < -0.3 is 8.61 Å². The molecule has 0 aromatic carbocycles. The summed E-state index contributed by atoms with van der Waals surface area (Å²) in [4.78, 5) is 0. The molecule has 6 nitrogen and oxygen atoms in total. The standard InChI is InChI=1S/C9H20N.C2F6NO4S2/c1-10(2,3)9-7-5-4-6-8-9;3-1(4,5)14(10,11)9-15(12,13)2(6,7)8/h9H,4-8H2,1-3H3;/q+1;-1. The molecule has 1 aliphatic rings. The lowest BCUT2D eigenvalue weighted by Crippen LogP contribution is -2.45. The molecule has 25 heavy (non-hydrogen) atoms. The smallest absolute Gasteiger partial charge is 0.421 e. The van der Waals surface area contributed by atoms with E-state index >= 15 is 0 Å². The molecule has 14 heteroatoms. The fourth-order valence-electron chi connectivity index (χ4n) is 2.07. The molecule has 0 spiro atoms. The van der Waals surface area contributed by atoms with E-state index in [9.17, 15) is 43.2 Å². The van der Waals surface area contributed by atoms with Gasteiger partial charge in [0.2, 0.25) is 0 Å². The van der Waals surface area contributed by atoms with Crippen LogP contribution < -0.4 is 0 Å². The summed E-state index contributed by atoms with van der Waals surface area (Å²) in [7, 11) is -6.50. The minimum atomic E-state index is -6.72. The SMILES string of the molecule is C[N+](C)(C)C1CCCCC1.O=S(=O)([N-]S(=O)(=O)C(F)(F)F)C(F)(F)F. The zero-order valence-electron chi connectivity index (χ0n) is 13.7. The third-order valence-electron chi connectivity index (χ3n) is 3.45. The Morgan fingerprint density at radius 3 is 1.28 bits per heavy atom. The van der Waals surface area contributed by atoms with E-state index < -0.39 is 31.1 Å². The van der Waals surface area contributed by atoms with Crippen LogP contribution in [0.3, 0.4) is 0 Å². The van der Waals surface area contributed by atoms with Crippen molar-refractivity contribution in [3.05, 3.63) is 4.13 Å². The van der Waals surface area contributed by atoms with Crippen molar-refractivity contribution in [1.29, 1.82) is 0 Å². The lowest BCUT2D eigenvalue weighted by molar-refractivity contribution is -0.897. The summed E-state index contributed by atoms with van der Waals surface area (Å²) >= 11 is 0. The van der Waals surface area contributed by atoms with Crippen LogP contribution in [0, 0.1) is 0 Å². The highest BCUT2D eigenvalue weighted by atomic mass is 32.3. The van der Waals surface area contributed by atoms with Crippen LogP contribution in [-0.4, -0.2) is 59.5 Å². The first kappa shape index (κ1) is 24.4. The maximum atomic E-state index is 11.4. The van der Waals surface area contributed by atoms with Crippen LogP contribution in [0.25, 0.3) is 4.13 Å². The lowest BCUT2D eigenvalue weighted by Gasteiger charge is -2.36. The van der Waals surface area contributed by atoms with E-state index in [0.717, 1.165) is 10.2 Å². The largest absolute Gasteiger partial charge is 0.480 e. The zero-order valence-corrected chi connectivity index (χ0v) is 15.4. The van der Waals surface area contributed by atoms with Crippen molar-refractivity contribution in [1.82, 2.24) is 0 Å². The number of alkyl halides is 6. The maximum absolute atomic E-state index is 11.4. The van der Waals surface area contributed by atoms with E-state index in [-0.39, 0.29) is 0 Å². The Kier molecular flexibility index (Phi) is 7.77. The molecule has 0 radical (unpaired) electrons. The minimum absolute atomic E-state index is 0.778. The third-order valence-corrected chi connectivity index (χ3v) is 6.19. The van der Waals surface area contributed by atoms with Crippen molar-refractivity contribution in [3.63, 3.8) is 0 Å². The van der Waals surface area contributed by atoms with Crippen LogP contribution in [0.4, 0.5) is 26.3 Å². The second-order valence-electron chi connectivity index (χ2n) is 6.32. The quantitative estimate of drug-likeness (QED) is 0.517. The molecule has 1 saturated carbocycles. The molecule has 0 atom stereocenters. The van der Waals surface area contributed by atoms with Crippen molar-refractivity contribution >= 4 is 20.0 Å². The molecule has 0 amide bonds. The van der Waals surface area contributed by atoms with Gasteiger partial charge in [-0.2, -0.15) is 26.3 Å². The van der Waals surface area contributed by atoms with Gasteiger partial charge in [0.1, 0.15) is 0 Å². The predicted octanol–water partition coefficient (Wildman–Crippen LogP) is 3.08. The van der Waals surface area contributed by atoms with Crippen LogP contribution in [0.15, 0.2) is 0 Å². The summed E-state index contributed by atoms with van der Waals surface area (Å²) in [5.41, 5.74) is -12.4. The normalized spacial score (nSPS) is 18.4. The number of halogens is 6. The molecule has 0 bridgehead atoms. The van der Waals surface area contributed by atoms with Crippen molar-refractivity contribution in [2.45, 2.75) is 49.2 Å². The van der Waals surface area contributed by atoms with E-state index in [1.165, 1.54) is 36.6 Å². The van der Waals surface area contributed by atoms with Crippen molar-refractivity contribution < 1.29 is 47.7 Å². The van der Waals surface area contributed by atoms with Gasteiger partial charge in [-0.05, 0) is 25.7 Å². The van der Waals surface area contributed by atoms with Gasteiger partial charge >= 0.3 is 11.0 Å². The van der Waals surface area contributed by atoms with Gasteiger partial charge in [-0.25, -0.2) is 16.8 Å². The molecule has 0 N–H and O–H groups in total. The number of rotatable bonds is 3. The van der Waals surface area contributed by atoms with Gasteiger partial charge in [-0.1, -0.05) is 6.42 Å². The number of nitrogens with zero attached hydrogens (tertiary/aromatic N) is 2. The molecular weight excluding hydrogens is 402 g/mol. The van der Waals surface area contributed by atoms with E-state index in [1.54, 1.807) is 0 Å². The maximum Gasteiger partial charge on any atom is 0.480 e. The summed E-state index contributed by atoms with van der Waals surface area (Å²) in [5.74, 6) is 0. The summed E-state index contributed by atoms with van der Waals surface area (Å²) in [6.07, 6.45) is 7.28. The van der Waals surface area contributed by atoms with E-state index in [2.05, 4.69) is 21.1 Å². The average molecular weight is 422 g/mol. The molecule has 1 aliphatic carbocycles. The Bertz CT molecular complexity index is 587. The zero-order chi connectivity index (χ0) is 20.3. The summed E-state index contributed by atoms with van der Waals surface area (Å²) in [6.45, 7) is 0. The third kappa shape index (κ3) is 7.66. The van der Waals surface area contributed by atoms with E-state index in [0.29, 0.717) is 0 Å². The van der Waals surface area contributed by atoms with Gasteiger partial charge in [-0.15, -0.1) is 0 Å². The van der Waals surface area contributed by atoms with Gasteiger partial charge in [0, 0.05) is 0 Å². The predicted molar refractivity (Wildman–Crippen MR) is 78.2 cm³/mol. The summed E-state index contributed by atoms with van der Waals surface area (Å²) < 4.78 is 110. The fourth-order valence-corrected chi connectivity index (χ4v) is 3.78. The van der Waals surface area contributed by atoms with Gasteiger partial charge in [0.15, 0.2) is 20.0 Å². The lowest BCUT2D eigenvalue weighted by atomic mass is 9.94. The summed E-state index contributed by atoms with van der Waals surface area (Å²) in [5, 5.41) is 0. The number of hydrogen-bond acceptors (Lipinski definition) is 4. The summed E-state index contributed by atoms with van der Waals surface area (Å²) in [6, 6.07) is 0.939. The Labute approximate surface area is 142 Å². The molecule has 152 valence electrons. The molecule has 0 saturated heterocycles. The highest BCUT2D eigenvalue weighted by Crippen LogP contribution is 2.36. The average Bonchev–Trinajstić information content (AvgIpc) is 2.35. The number of sulfonamides is 2. The second kappa shape index (κ2) is 7.96. The molecule has 0 aliphatic heterocycles. The first-order valence-corrected chi connectivity index (χ1v) is 9.87. The van der Waals surface area contributed by atoms with E-state index in [1.807, 2.05) is 0 Å². The van der Waals surface area contributed by atoms with Crippen LogP contribution in [0.5, 0.6) is 0 Å². The van der Waals surface area contributed by atoms with Crippen LogP contribution in [0.1, 0.15) is 32.1 Å². The Morgan fingerprint density at radius 2 is 1.08 bits per heavy atom. The molecule has 1 fully saturated rings. The van der Waals surface area contributed by atoms with Gasteiger partial charge in [0.25, 0.3) is 0 Å². The van der Waals surface area contributed by atoms with Crippen molar-refractivity contribution in [2.24, 2.45) is 0 Å². The number of quaternary nitrogens is 1. The molecule has 1 rings (SSSR count). The van der Waals surface area contributed by atoms with Crippen LogP contribution in [-0.2, 0) is 20.0 Å². The van der Waals surface area contributed by atoms with Crippen LogP contribution >= 0.6 is 0 Å². The van der Waals surface area contributed by atoms with Gasteiger partial charge in [-0.3, -0.25) is 0 Å². The number of hydrogen-bond donors (Lipinski definition) is 0. The molecule has 0 heterocycles. The molecule has 0 aromatic heterocycles. The van der Waals surface area contributed by atoms with E-state index in [4.69, 9.17) is 0 Å². The Balaban J connectivity index is 0.000000496. The Morgan fingerprint density at radius 1 is 0.760 bits per heavy atom. The highest BCUT2D eigenvalue weighted by Gasteiger charge is 2.46. The first-order chi connectivity index (χ1) is 10.8. The minimum Gasteiger partial charge on any atom is -0.421 e. The molecule has 0 aromatic rings. The fraction of sp³-hybridized carbons (Fsp3) is 1.00. The van der Waals surface area contributed by atoms with Crippen molar-refractivity contribution in [2.75, 3.05) is 21.1 Å². The van der Waals surface area contributed by atoms with Gasteiger partial charge in [0.05, 0.1) is 27.2 Å². The Hall–Kier alpha value is -0.600.